The molecule has 50 heavy (non-hydrogen) atoms. The number of allylic oxidation sites excluding steroid dienone is 1. The predicted molar refractivity (Wildman–Crippen MR) is 190 cm³/mol. The second kappa shape index (κ2) is 13.8. The summed E-state index contributed by atoms with van der Waals surface area (Å²) in [5.74, 6) is -0.553. The minimum Gasteiger partial charge on any atom is -0.453 e. The van der Waals surface area contributed by atoms with Crippen LogP contribution in [0.4, 0.5) is 0 Å². The third-order valence-corrected chi connectivity index (χ3v) is 14.7. The number of benzene rings is 2. The number of ether oxygens (including phenoxy) is 4. The number of Topliss-reactive ketones (excluding diaryl/α,β-unsaturated/α-hetero) is 1. The smallest absolute Gasteiger partial charge is 0.338 e. The number of rotatable bonds is 8. The van der Waals surface area contributed by atoms with Crippen molar-refractivity contribution in [1.82, 2.24) is 0 Å². The molecule has 13 atom stereocenters. The van der Waals surface area contributed by atoms with Gasteiger partial charge in [-0.15, -0.1) is 11.8 Å². The second-order valence-electron chi connectivity index (χ2n) is 15.8. The zero-order valence-electron chi connectivity index (χ0n) is 29.8. The third-order valence-electron chi connectivity index (χ3n) is 13.4. The van der Waals surface area contributed by atoms with E-state index in [1.807, 2.05) is 62.4 Å². The van der Waals surface area contributed by atoms with Crippen LogP contribution in [0.1, 0.15) is 83.0 Å². The van der Waals surface area contributed by atoms with Crippen LogP contribution in [0.5, 0.6) is 0 Å². The molecule has 1 aliphatic heterocycles. The molecular weight excluding hydrogens is 653 g/mol. The molecule has 1 saturated heterocycles. The predicted octanol–water partition coefficient (Wildman–Crippen LogP) is 6.77. The van der Waals surface area contributed by atoms with Crippen molar-refractivity contribution in [3.8, 4) is 0 Å². The van der Waals surface area contributed by atoms with E-state index in [1.54, 1.807) is 37.9 Å². The average molecular weight is 705 g/mol. The van der Waals surface area contributed by atoms with Crippen LogP contribution >= 0.6 is 11.8 Å². The molecule has 0 bridgehead atoms. The highest BCUT2D eigenvalue weighted by Crippen LogP contribution is 2.68. The molecule has 2 N–H and O–H groups in total. The number of ketones is 1. The molecule has 0 spiro atoms. The Labute approximate surface area is 300 Å². The molecule has 3 saturated carbocycles. The van der Waals surface area contributed by atoms with Gasteiger partial charge in [-0.1, -0.05) is 61.9 Å². The van der Waals surface area contributed by atoms with Gasteiger partial charge in [-0.25, -0.2) is 4.79 Å². The molecule has 0 amide bonds. The summed E-state index contributed by atoms with van der Waals surface area (Å²) in [6.45, 7) is 7.77. The van der Waals surface area contributed by atoms with Crippen LogP contribution in [0.25, 0.3) is 0 Å². The van der Waals surface area contributed by atoms with Crippen molar-refractivity contribution in [1.29, 1.82) is 0 Å². The molecule has 0 aromatic heterocycles. The van der Waals surface area contributed by atoms with Crippen molar-refractivity contribution < 1.29 is 38.7 Å². The Bertz CT molecular complexity index is 1580. The van der Waals surface area contributed by atoms with Gasteiger partial charge in [-0.05, 0) is 100 Å². The van der Waals surface area contributed by atoms with E-state index in [1.165, 1.54) is 5.57 Å². The molecule has 7 rings (SSSR count). The Balaban J connectivity index is 1.11. The van der Waals surface area contributed by atoms with Crippen molar-refractivity contribution in [2.24, 2.45) is 28.6 Å². The molecule has 9 heteroatoms. The lowest BCUT2D eigenvalue weighted by Crippen LogP contribution is -2.66. The number of methoxy groups -OCH3 is 1. The third kappa shape index (κ3) is 5.90. The summed E-state index contributed by atoms with van der Waals surface area (Å²) in [4.78, 5) is 26.9. The van der Waals surface area contributed by atoms with Crippen LogP contribution in [0.2, 0.25) is 0 Å². The van der Waals surface area contributed by atoms with Gasteiger partial charge in [0, 0.05) is 23.3 Å². The molecule has 0 radical (unpaired) electrons. The van der Waals surface area contributed by atoms with E-state index in [4.69, 9.17) is 18.9 Å². The fourth-order valence-electron chi connectivity index (χ4n) is 10.6. The number of carbonyl (C=O) groups is 2. The average Bonchev–Trinajstić information content (AvgIpc) is 3.40. The minimum absolute atomic E-state index is 0.00126. The molecule has 5 aliphatic rings. The first-order chi connectivity index (χ1) is 23.9. The number of aliphatic hydroxyl groups is 2. The fraction of sp³-hybridized carbons (Fsp3) is 0.610. The van der Waals surface area contributed by atoms with E-state index < -0.39 is 47.7 Å². The Hall–Kier alpha value is -2.53. The Morgan fingerprint density at radius 3 is 2.34 bits per heavy atom. The van der Waals surface area contributed by atoms with Crippen molar-refractivity contribution >= 4 is 23.5 Å². The van der Waals surface area contributed by atoms with Crippen molar-refractivity contribution in [3.05, 3.63) is 77.9 Å². The lowest BCUT2D eigenvalue weighted by atomic mass is 9.45. The van der Waals surface area contributed by atoms with Gasteiger partial charge in [-0.3, -0.25) is 4.79 Å². The quantitative estimate of drug-likeness (QED) is 0.227. The molecule has 8 nitrogen and oxygen atoms in total. The van der Waals surface area contributed by atoms with Crippen LogP contribution in [0, 0.1) is 28.6 Å². The molecule has 2 aromatic rings. The SMILES string of the molecule is COC1C(OC(=O)c2ccccc2)C(C)OC(OC2CC[C@@]3(C)C(=CCC4C3C[C@@H](O)[C@]3(C)C(C(C)=O)CC[C@]43O)C2)C1Sc1ccccc1. The standard InChI is InChI=1S/C41H52O8S/c1-24(42)30-19-21-41(45)31-17-16-27-22-28(18-20-39(27,3)32(31)23-33(43)40(30,41)4)48-38-36(50-29-14-10-7-11-15-29)35(46-5)34(25(2)47-38)49-37(44)26-12-8-6-9-13-26/h6-16,25,28,30-36,38,43,45H,17-23H2,1-5H3/t25?,28?,30?,31?,32?,33-,34?,35?,36?,38?,39+,40+,41+/m1/s1. The zero-order valence-corrected chi connectivity index (χ0v) is 30.6. The van der Waals surface area contributed by atoms with Gasteiger partial charge in [0.25, 0.3) is 0 Å². The molecule has 4 aliphatic carbocycles. The lowest BCUT2D eigenvalue weighted by Gasteiger charge is -2.62. The summed E-state index contributed by atoms with van der Waals surface area (Å²) < 4.78 is 25.7. The second-order valence-corrected chi connectivity index (χ2v) is 17.0. The number of hydrogen-bond acceptors (Lipinski definition) is 9. The summed E-state index contributed by atoms with van der Waals surface area (Å²) in [5.41, 5.74) is -0.284. The lowest BCUT2D eigenvalue weighted by molar-refractivity contribution is -0.262. The molecule has 9 unspecified atom stereocenters. The van der Waals surface area contributed by atoms with Gasteiger partial charge in [0.2, 0.25) is 0 Å². The fourth-order valence-corrected chi connectivity index (χ4v) is 11.9. The van der Waals surface area contributed by atoms with Crippen molar-refractivity contribution in [2.75, 3.05) is 7.11 Å². The molecule has 2 aromatic carbocycles. The maximum Gasteiger partial charge on any atom is 0.338 e. The van der Waals surface area contributed by atoms with Gasteiger partial charge >= 0.3 is 5.97 Å². The summed E-state index contributed by atoms with van der Waals surface area (Å²) in [6, 6.07) is 19.0. The first-order valence-corrected chi connectivity index (χ1v) is 19.2. The first-order valence-electron chi connectivity index (χ1n) is 18.3. The van der Waals surface area contributed by atoms with Gasteiger partial charge in [0.05, 0.1) is 34.7 Å². The van der Waals surface area contributed by atoms with Crippen LogP contribution in [0.15, 0.2) is 77.2 Å². The van der Waals surface area contributed by atoms with Gasteiger partial charge < -0.3 is 29.2 Å². The van der Waals surface area contributed by atoms with E-state index >= 15 is 0 Å². The number of aliphatic hydroxyl groups excluding tert-OH is 1. The largest absolute Gasteiger partial charge is 0.453 e. The summed E-state index contributed by atoms with van der Waals surface area (Å²) >= 11 is 1.61. The molecular formula is C41H52O8S. The van der Waals surface area contributed by atoms with E-state index in [0.29, 0.717) is 24.8 Å². The number of carbonyl (C=O) groups excluding carboxylic acids is 2. The van der Waals surface area contributed by atoms with Crippen LogP contribution < -0.4 is 0 Å². The summed E-state index contributed by atoms with van der Waals surface area (Å²) in [7, 11) is 1.65. The van der Waals surface area contributed by atoms with Gasteiger partial charge in [0.15, 0.2) is 12.4 Å². The number of fused-ring (bicyclic) bond motifs is 5. The molecule has 1 heterocycles. The maximum absolute atomic E-state index is 13.2. The highest BCUT2D eigenvalue weighted by atomic mass is 32.2. The molecule has 270 valence electrons. The van der Waals surface area contributed by atoms with E-state index in [9.17, 15) is 19.8 Å². The van der Waals surface area contributed by atoms with E-state index in [0.717, 1.165) is 30.6 Å². The van der Waals surface area contributed by atoms with E-state index in [-0.39, 0.29) is 40.3 Å². The van der Waals surface area contributed by atoms with Gasteiger partial charge in [-0.2, -0.15) is 0 Å². The number of thioether (sulfide) groups is 1. The Morgan fingerprint density at radius 2 is 1.66 bits per heavy atom. The van der Waals surface area contributed by atoms with Crippen molar-refractivity contribution in [2.45, 2.75) is 125 Å². The Morgan fingerprint density at radius 1 is 0.960 bits per heavy atom. The highest BCUT2D eigenvalue weighted by Gasteiger charge is 2.70. The zero-order chi connectivity index (χ0) is 35.4. The summed E-state index contributed by atoms with van der Waals surface area (Å²) in [5, 5.41) is 23.7. The van der Waals surface area contributed by atoms with Crippen molar-refractivity contribution in [3.63, 3.8) is 0 Å². The Kier molecular flexibility index (Phi) is 9.89. The topological polar surface area (TPSA) is 112 Å². The van der Waals surface area contributed by atoms with Gasteiger partial charge in [0.1, 0.15) is 11.9 Å². The number of hydrogen-bond donors (Lipinski definition) is 2. The van der Waals surface area contributed by atoms with E-state index in [2.05, 4.69) is 13.0 Å². The minimum atomic E-state index is -1.08. The van der Waals surface area contributed by atoms with Crippen LogP contribution in [0.3, 0.4) is 0 Å². The first kappa shape index (κ1) is 35.9. The van der Waals surface area contributed by atoms with Crippen LogP contribution in [-0.2, 0) is 23.7 Å². The monoisotopic (exact) mass is 704 g/mol. The number of esters is 1. The molecule has 4 fully saturated rings. The highest BCUT2D eigenvalue weighted by molar-refractivity contribution is 8.00. The summed E-state index contributed by atoms with van der Waals surface area (Å²) in [6.07, 6.45) is 4.17. The normalized spacial score (nSPS) is 42.4. The van der Waals surface area contributed by atoms with Crippen LogP contribution in [-0.4, -0.2) is 76.7 Å². The maximum atomic E-state index is 13.2.